The molecule has 0 amide bonds. The zero-order valence-electron chi connectivity index (χ0n) is 17.4. The van der Waals surface area contributed by atoms with Gasteiger partial charge in [0.15, 0.2) is 0 Å². The van der Waals surface area contributed by atoms with Crippen LogP contribution in [0.4, 0.5) is 0 Å². The number of carboxylic acid groups (broad SMARTS) is 1. The molecule has 0 fully saturated rings. The third-order valence-corrected chi connectivity index (χ3v) is 4.04. The first kappa shape index (κ1) is 22.9. The molecule has 0 atom stereocenters. The SMILES string of the molecule is CC(C)(C)C(=O)O.CC(C)(OOC(C)(C)c1ccccc1)c1ccccc1. The maximum Gasteiger partial charge on any atom is 0.308 e. The summed E-state index contributed by atoms with van der Waals surface area (Å²) in [5, 5.41) is 8.25. The third-order valence-electron chi connectivity index (χ3n) is 4.04. The second-order valence-corrected chi connectivity index (χ2v) is 8.47. The van der Waals surface area contributed by atoms with Crippen LogP contribution in [0, 0.1) is 5.41 Å². The van der Waals surface area contributed by atoms with Gasteiger partial charge in [-0.2, -0.15) is 0 Å². The average molecular weight is 373 g/mol. The molecule has 0 heterocycles. The van der Waals surface area contributed by atoms with E-state index in [9.17, 15) is 4.79 Å². The lowest BCUT2D eigenvalue weighted by Crippen LogP contribution is -2.29. The second kappa shape index (κ2) is 9.16. The Morgan fingerprint density at radius 3 is 1.15 bits per heavy atom. The number of carbonyl (C=O) groups is 1. The van der Waals surface area contributed by atoms with Gasteiger partial charge >= 0.3 is 5.97 Å². The van der Waals surface area contributed by atoms with Gasteiger partial charge in [-0.3, -0.25) is 4.79 Å². The van der Waals surface area contributed by atoms with E-state index in [4.69, 9.17) is 14.9 Å². The molecule has 0 saturated heterocycles. The van der Waals surface area contributed by atoms with Crippen molar-refractivity contribution in [2.24, 2.45) is 5.41 Å². The van der Waals surface area contributed by atoms with Crippen LogP contribution in [-0.2, 0) is 25.8 Å². The van der Waals surface area contributed by atoms with Crippen molar-refractivity contribution in [1.29, 1.82) is 0 Å². The van der Waals surface area contributed by atoms with Crippen molar-refractivity contribution in [3.63, 3.8) is 0 Å². The smallest absolute Gasteiger partial charge is 0.308 e. The van der Waals surface area contributed by atoms with E-state index in [1.54, 1.807) is 20.8 Å². The van der Waals surface area contributed by atoms with E-state index in [-0.39, 0.29) is 0 Å². The normalized spacial score (nSPS) is 12.1. The van der Waals surface area contributed by atoms with Crippen LogP contribution in [0.25, 0.3) is 0 Å². The molecule has 4 nitrogen and oxygen atoms in total. The Morgan fingerprint density at radius 2 is 0.926 bits per heavy atom. The van der Waals surface area contributed by atoms with Crippen molar-refractivity contribution in [3.05, 3.63) is 71.8 Å². The van der Waals surface area contributed by atoms with Gasteiger partial charge in [0.25, 0.3) is 0 Å². The molecule has 0 aliphatic carbocycles. The highest BCUT2D eigenvalue weighted by atomic mass is 17.2. The van der Waals surface area contributed by atoms with Gasteiger partial charge in [-0.1, -0.05) is 60.7 Å². The fourth-order valence-corrected chi connectivity index (χ4v) is 1.98. The molecular weight excluding hydrogens is 340 g/mol. The van der Waals surface area contributed by atoms with Gasteiger partial charge in [0.05, 0.1) is 5.41 Å². The van der Waals surface area contributed by atoms with Crippen LogP contribution < -0.4 is 0 Å². The first-order valence-corrected chi connectivity index (χ1v) is 9.07. The minimum absolute atomic E-state index is 0.493. The Bertz CT molecular complexity index is 647. The minimum Gasteiger partial charge on any atom is -0.481 e. The van der Waals surface area contributed by atoms with Crippen molar-refractivity contribution >= 4 is 5.97 Å². The molecule has 4 heteroatoms. The molecule has 2 rings (SSSR count). The largest absolute Gasteiger partial charge is 0.481 e. The quantitative estimate of drug-likeness (QED) is 0.522. The van der Waals surface area contributed by atoms with Gasteiger partial charge in [-0.05, 0) is 59.6 Å². The fourth-order valence-electron chi connectivity index (χ4n) is 1.98. The highest BCUT2D eigenvalue weighted by Gasteiger charge is 2.29. The fraction of sp³-hybridized carbons (Fsp3) is 0.435. The summed E-state index contributed by atoms with van der Waals surface area (Å²) in [6.45, 7) is 13.0. The Balaban J connectivity index is 0.000000445. The van der Waals surface area contributed by atoms with Crippen molar-refractivity contribution in [3.8, 4) is 0 Å². The molecule has 2 aromatic carbocycles. The van der Waals surface area contributed by atoms with Gasteiger partial charge < -0.3 is 5.11 Å². The number of hydrogen-bond donors (Lipinski definition) is 1. The summed E-state index contributed by atoms with van der Waals surface area (Å²) >= 11 is 0. The first-order valence-electron chi connectivity index (χ1n) is 9.07. The van der Waals surface area contributed by atoms with E-state index in [2.05, 4.69) is 0 Å². The number of benzene rings is 2. The van der Waals surface area contributed by atoms with E-state index in [1.807, 2.05) is 88.4 Å². The highest BCUT2D eigenvalue weighted by Crippen LogP contribution is 2.31. The number of rotatable bonds is 5. The Kier molecular flexibility index (Phi) is 7.76. The Labute approximate surface area is 163 Å². The van der Waals surface area contributed by atoms with E-state index in [0.717, 1.165) is 11.1 Å². The summed E-state index contributed by atoms with van der Waals surface area (Å²) in [6.07, 6.45) is 0. The molecule has 2 aromatic rings. The van der Waals surface area contributed by atoms with Crippen LogP contribution in [0.15, 0.2) is 60.7 Å². The molecular formula is C23H32O4. The summed E-state index contributed by atoms with van der Waals surface area (Å²) in [6, 6.07) is 20.2. The lowest BCUT2D eigenvalue weighted by molar-refractivity contribution is -0.410. The van der Waals surface area contributed by atoms with Crippen LogP contribution in [0.5, 0.6) is 0 Å². The molecule has 27 heavy (non-hydrogen) atoms. The van der Waals surface area contributed by atoms with Gasteiger partial charge in [-0.15, -0.1) is 0 Å². The molecule has 0 aliphatic rings. The van der Waals surface area contributed by atoms with Gasteiger partial charge in [0.1, 0.15) is 11.2 Å². The van der Waals surface area contributed by atoms with Crippen LogP contribution >= 0.6 is 0 Å². The van der Waals surface area contributed by atoms with Crippen molar-refractivity contribution in [1.82, 2.24) is 0 Å². The summed E-state index contributed by atoms with van der Waals surface area (Å²) < 4.78 is 0. The number of aliphatic carboxylic acids is 1. The zero-order chi connectivity index (χ0) is 20.7. The standard InChI is InChI=1S/C18H22O2.C5H10O2/c1-17(2,15-11-7-5-8-12-15)19-20-18(3,4)16-13-9-6-10-14-16;1-5(2,3)4(6)7/h5-14H,1-4H3;1-3H3,(H,6,7). The predicted molar refractivity (Wildman–Crippen MR) is 108 cm³/mol. The van der Waals surface area contributed by atoms with Crippen LogP contribution in [0.1, 0.15) is 59.6 Å². The third kappa shape index (κ3) is 7.53. The van der Waals surface area contributed by atoms with E-state index in [0.29, 0.717) is 0 Å². The summed E-state index contributed by atoms with van der Waals surface area (Å²) in [4.78, 5) is 21.5. The van der Waals surface area contributed by atoms with E-state index >= 15 is 0 Å². The van der Waals surface area contributed by atoms with Gasteiger partial charge in [0.2, 0.25) is 0 Å². The van der Waals surface area contributed by atoms with Crippen molar-refractivity contribution in [2.75, 3.05) is 0 Å². The van der Waals surface area contributed by atoms with Crippen molar-refractivity contribution < 1.29 is 19.7 Å². The molecule has 0 saturated carbocycles. The lowest BCUT2D eigenvalue weighted by Gasteiger charge is -2.31. The maximum absolute atomic E-state index is 10.0. The molecule has 0 unspecified atom stereocenters. The number of hydrogen-bond acceptors (Lipinski definition) is 3. The molecule has 148 valence electrons. The minimum atomic E-state index is -0.757. The topological polar surface area (TPSA) is 55.8 Å². The summed E-state index contributed by atoms with van der Waals surface area (Å²) in [5.41, 5.74) is 0.605. The maximum atomic E-state index is 10.0. The zero-order valence-corrected chi connectivity index (χ0v) is 17.4. The van der Waals surface area contributed by atoms with Crippen LogP contribution in [0.3, 0.4) is 0 Å². The molecule has 0 aromatic heterocycles. The monoisotopic (exact) mass is 372 g/mol. The van der Waals surface area contributed by atoms with Gasteiger partial charge in [-0.25, -0.2) is 9.78 Å². The second-order valence-electron chi connectivity index (χ2n) is 8.47. The Hall–Kier alpha value is -2.17. The molecule has 0 bridgehead atoms. The average Bonchev–Trinajstić information content (AvgIpc) is 2.61. The van der Waals surface area contributed by atoms with Crippen molar-refractivity contribution in [2.45, 2.75) is 59.7 Å². The van der Waals surface area contributed by atoms with E-state index < -0.39 is 22.6 Å². The first-order chi connectivity index (χ1) is 12.4. The molecule has 1 N–H and O–H groups in total. The molecule has 0 radical (unpaired) electrons. The molecule has 0 spiro atoms. The summed E-state index contributed by atoms with van der Waals surface area (Å²) in [5.74, 6) is -0.757. The van der Waals surface area contributed by atoms with Crippen LogP contribution in [0.2, 0.25) is 0 Å². The number of carboxylic acids is 1. The lowest BCUT2D eigenvalue weighted by atomic mass is 9.98. The molecule has 0 aliphatic heterocycles. The predicted octanol–water partition coefficient (Wildman–Crippen LogP) is 5.92. The summed E-state index contributed by atoms with van der Waals surface area (Å²) in [7, 11) is 0. The van der Waals surface area contributed by atoms with E-state index in [1.165, 1.54) is 0 Å². The highest BCUT2D eigenvalue weighted by molar-refractivity contribution is 5.72. The van der Waals surface area contributed by atoms with Gasteiger partial charge in [0, 0.05) is 0 Å². The van der Waals surface area contributed by atoms with Crippen LogP contribution in [-0.4, -0.2) is 11.1 Å². The Morgan fingerprint density at radius 1 is 0.667 bits per heavy atom.